The second kappa shape index (κ2) is 2.11. The lowest BCUT2D eigenvalue weighted by Crippen LogP contribution is -2.02. The van der Waals surface area contributed by atoms with Crippen molar-refractivity contribution in [3.8, 4) is 0 Å². The van der Waals surface area contributed by atoms with Crippen LogP contribution in [-0.2, 0) is 0 Å². The largest absolute Gasteiger partial charge is 0.0704 e. The van der Waals surface area contributed by atoms with Gasteiger partial charge in [-0.05, 0) is 37.5 Å². The summed E-state index contributed by atoms with van der Waals surface area (Å²) in [6.07, 6.45) is 5.70. The van der Waals surface area contributed by atoms with Gasteiger partial charge in [-0.15, -0.1) is 0 Å². The zero-order chi connectivity index (χ0) is 7.14. The molecule has 2 aliphatic carbocycles. The molecule has 2 aliphatic rings. The molecule has 0 nitrogen and oxygen atoms in total. The third-order valence-electron chi connectivity index (χ3n) is 3.35. The van der Waals surface area contributed by atoms with Gasteiger partial charge in [-0.2, -0.15) is 0 Å². The SMILES string of the molecule is C[C@@H]1C2=C(CCC2)C[C@@H]1C. The summed E-state index contributed by atoms with van der Waals surface area (Å²) in [5.74, 6) is 1.86. The summed E-state index contributed by atoms with van der Waals surface area (Å²) in [5.41, 5.74) is 3.65. The molecule has 0 fully saturated rings. The van der Waals surface area contributed by atoms with Gasteiger partial charge in [0, 0.05) is 0 Å². The highest BCUT2D eigenvalue weighted by Crippen LogP contribution is 2.45. The summed E-state index contributed by atoms with van der Waals surface area (Å²) in [7, 11) is 0. The molecule has 0 aromatic carbocycles. The molecule has 0 N–H and O–H groups in total. The van der Waals surface area contributed by atoms with Gasteiger partial charge in [-0.25, -0.2) is 0 Å². The van der Waals surface area contributed by atoms with Gasteiger partial charge in [0.15, 0.2) is 0 Å². The molecular formula is C10H16. The van der Waals surface area contributed by atoms with E-state index in [0.29, 0.717) is 0 Å². The Bertz CT molecular complexity index is 176. The Kier molecular flexibility index (Phi) is 1.36. The molecule has 0 heterocycles. The molecule has 0 aliphatic heterocycles. The fourth-order valence-corrected chi connectivity index (χ4v) is 2.52. The van der Waals surface area contributed by atoms with Crippen molar-refractivity contribution in [3.63, 3.8) is 0 Å². The Balaban J connectivity index is 2.22. The van der Waals surface area contributed by atoms with Crippen molar-refractivity contribution < 1.29 is 0 Å². The molecule has 56 valence electrons. The van der Waals surface area contributed by atoms with Crippen molar-refractivity contribution in [2.75, 3.05) is 0 Å². The first-order valence-corrected chi connectivity index (χ1v) is 4.50. The zero-order valence-electron chi connectivity index (χ0n) is 6.98. The average Bonchev–Trinajstić information content (AvgIpc) is 2.41. The van der Waals surface area contributed by atoms with Crippen LogP contribution < -0.4 is 0 Å². The van der Waals surface area contributed by atoms with Crippen LogP contribution in [0.4, 0.5) is 0 Å². The van der Waals surface area contributed by atoms with Crippen LogP contribution in [0.3, 0.4) is 0 Å². The van der Waals surface area contributed by atoms with E-state index in [1.807, 2.05) is 11.1 Å². The van der Waals surface area contributed by atoms with Crippen LogP contribution in [0.15, 0.2) is 11.1 Å². The first kappa shape index (κ1) is 6.45. The lowest BCUT2D eigenvalue weighted by molar-refractivity contribution is 0.460. The van der Waals surface area contributed by atoms with Crippen LogP contribution >= 0.6 is 0 Å². The summed E-state index contributed by atoms with van der Waals surface area (Å²) in [6.45, 7) is 4.79. The number of allylic oxidation sites excluding steroid dienone is 2. The minimum Gasteiger partial charge on any atom is -0.0704 e. The van der Waals surface area contributed by atoms with E-state index in [0.717, 1.165) is 11.8 Å². The van der Waals surface area contributed by atoms with Gasteiger partial charge in [0.05, 0.1) is 0 Å². The molecule has 0 aromatic heterocycles. The summed E-state index contributed by atoms with van der Waals surface area (Å²) in [5, 5.41) is 0. The molecule has 0 unspecified atom stereocenters. The Labute approximate surface area is 63.3 Å². The van der Waals surface area contributed by atoms with Gasteiger partial charge in [0.1, 0.15) is 0 Å². The van der Waals surface area contributed by atoms with Gasteiger partial charge in [-0.1, -0.05) is 25.0 Å². The van der Waals surface area contributed by atoms with Crippen LogP contribution in [0.25, 0.3) is 0 Å². The van der Waals surface area contributed by atoms with E-state index in [2.05, 4.69) is 13.8 Å². The minimum absolute atomic E-state index is 0.914. The standard InChI is InChI=1S/C10H16/c1-7-6-9-4-3-5-10(9)8(7)2/h7-8H,3-6H2,1-2H3/t7-,8-/m0/s1. The number of hydrogen-bond acceptors (Lipinski definition) is 0. The van der Waals surface area contributed by atoms with Gasteiger partial charge in [0.25, 0.3) is 0 Å². The van der Waals surface area contributed by atoms with Gasteiger partial charge in [-0.3, -0.25) is 0 Å². The van der Waals surface area contributed by atoms with Crippen molar-refractivity contribution in [2.24, 2.45) is 11.8 Å². The smallest absolute Gasteiger partial charge is 0.0200 e. The maximum atomic E-state index is 2.40. The quantitative estimate of drug-likeness (QED) is 0.449. The third-order valence-corrected chi connectivity index (χ3v) is 3.35. The lowest BCUT2D eigenvalue weighted by Gasteiger charge is -2.12. The molecule has 0 radical (unpaired) electrons. The van der Waals surface area contributed by atoms with Gasteiger partial charge >= 0.3 is 0 Å². The lowest BCUT2D eigenvalue weighted by atomic mass is 9.93. The highest BCUT2D eigenvalue weighted by atomic mass is 14.4. The second-order valence-electron chi connectivity index (χ2n) is 3.95. The average molecular weight is 136 g/mol. The highest BCUT2D eigenvalue weighted by molar-refractivity contribution is 5.27. The Morgan fingerprint density at radius 2 is 2.00 bits per heavy atom. The number of rotatable bonds is 0. The molecule has 0 saturated carbocycles. The molecule has 0 saturated heterocycles. The van der Waals surface area contributed by atoms with Crippen molar-refractivity contribution in [2.45, 2.75) is 39.5 Å². The zero-order valence-corrected chi connectivity index (χ0v) is 6.98. The molecule has 10 heavy (non-hydrogen) atoms. The predicted molar refractivity (Wildman–Crippen MR) is 43.8 cm³/mol. The van der Waals surface area contributed by atoms with E-state index in [9.17, 15) is 0 Å². The highest BCUT2D eigenvalue weighted by Gasteiger charge is 2.30. The molecule has 2 atom stereocenters. The van der Waals surface area contributed by atoms with Gasteiger partial charge in [0.2, 0.25) is 0 Å². The fraction of sp³-hybridized carbons (Fsp3) is 0.800. The maximum Gasteiger partial charge on any atom is -0.0200 e. The van der Waals surface area contributed by atoms with Crippen molar-refractivity contribution in [1.82, 2.24) is 0 Å². The second-order valence-corrected chi connectivity index (χ2v) is 3.95. The van der Waals surface area contributed by atoms with Crippen LogP contribution in [-0.4, -0.2) is 0 Å². The number of hydrogen-bond donors (Lipinski definition) is 0. The normalized spacial score (nSPS) is 39.0. The summed E-state index contributed by atoms with van der Waals surface area (Å²) < 4.78 is 0. The van der Waals surface area contributed by atoms with Crippen molar-refractivity contribution in [1.29, 1.82) is 0 Å². The summed E-state index contributed by atoms with van der Waals surface area (Å²) in [4.78, 5) is 0. The molecule has 2 rings (SSSR count). The van der Waals surface area contributed by atoms with E-state index in [1.54, 1.807) is 0 Å². The monoisotopic (exact) mass is 136 g/mol. The molecule has 0 heteroatoms. The topological polar surface area (TPSA) is 0 Å². The van der Waals surface area contributed by atoms with E-state index >= 15 is 0 Å². The molecule has 0 amide bonds. The van der Waals surface area contributed by atoms with Crippen molar-refractivity contribution in [3.05, 3.63) is 11.1 Å². The third kappa shape index (κ3) is 0.744. The maximum absolute atomic E-state index is 2.40. The first-order chi connectivity index (χ1) is 4.79. The molecule has 0 bridgehead atoms. The van der Waals surface area contributed by atoms with Gasteiger partial charge < -0.3 is 0 Å². The summed E-state index contributed by atoms with van der Waals surface area (Å²) >= 11 is 0. The molecule has 0 spiro atoms. The Morgan fingerprint density at radius 3 is 2.70 bits per heavy atom. The Hall–Kier alpha value is -0.260. The van der Waals surface area contributed by atoms with E-state index in [-0.39, 0.29) is 0 Å². The summed E-state index contributed by atoms with van der Waals surface area (Å²) in [6, 6.07) is 0. The van der Waals surface area contributed by atoms with Crippen LogP contribution in [0, 0.1) is 11.8 Å². The fourth-order valence-electron chi connectivity index (χ4n) is 2.52. The van der Waals surface area contributed by atoms with Crippen molar-refractivity contribution >= 4 is 0 Å². The predicted octanol–water partition coefficient (Wildman–Crippen LogP) is 3.14. The van der Waals surface area contributed by atoms with E-state index in [1.165, 1.54) is 25.7 Å². The minimum atomic E-state index is 0.914. The van der Waals surface area contributed by atoms with E-state index in [4.69, 9.17) is 0 Å². The van der Waals surface area contributed by atoms with Crippen LogP contribution in [0.1, 0.15) is 39.5 Å². The Morgan fingerprint density at radius 1 is 1.20 bits per heavy atom. The van der Waals surface area contributed by atoms with Crippen LogP contribution in [0.2, 0.25) is 0 Å². The molecular weight excluding hydrogens is 120 g/mol. The first-order valence-electron chi connectivity index (χ1n) is 4.50. The molecule has 0 aromatic rings. The van der Waals surface area contributed by atoms with E-state index < -0.39 is 0 Å². The van der Waals surface area contributed by atoms with Crippen LogP contribution in [0.5, 0.6) is 0 Å².